The highest BCUT2D eigenvalue weighted by atomic mass is 16.2. The summed E-state index contributed by atoms with van der Waals surface area (Å²) in [6.07, 6.45) is 13.4. The van der Waals surface area contributed by atoms with Crippen LogP contribution >= 0.6 is 0 Å². The molecule has 164 valence electrons. The number of amides is 1. The van der Waals surface area contributed by atoms with E-state index in [1.165, 1.54) is 5.56 Å². The molecule has 1 N–H and O–H groups in total. The van der Waals surface area contributed by atoms with Crippen LogP contribution in [0.25, 0.3) is 11.0 Å². The first kappa shape index (κ1) is 23.6. The topological polar surface area (TPSA) is 73.1 Å². The zero-order valence-electron chi connectivity index (χ0n) is 18.5. The van der Waals surface area contributed by atoms with Gasteiger partial charge in [0, 0.05) is 20.5 Å². The summed E-state index contributed by atoms with van der Waals surface area (Å²) in [6.45, 7) is 1.95. The molecule has 1 heterocycles. The molecule has 0 aliphatic rings. The first-order valence-electron chi connectivity index (χ1n) is 11.0. The molecule has 0 radical (unpaired) electrons. The van der Waals surface area contributed by atoms with Crippen LogP contribution in [0.1, 0.15) is 69.9 Å². The number of rotatable bonds is 13. The van der Waals surface area contributed by atoms with E-state index in [9.17, 15) is 14.4 Å². The summed E-state index contributed by atoms with van der Waals surface area (Å²) in [6, 6.07) is 5.59. The fourth-order valence-corrected chi connectivity index (χ4v) is 3.92. The number of imidazole rings is 1. The third-order valence-electron chi connectivity index (χ3n) is 5.64. The molecule has 0 spiro atoms. The van der Waals surface area contributed by atoms with Crippen molar-refractivity contribution < 1.29 is 9.59 Å². The number of carbonyl (C=O) groups excluding carboxylic acids is 2. The Balaban J connectivity index is 2.18. The monoisotopic (exact) mass is 413 g/mol. The number of carbonyl (C=O) groups is 2. The van der Waals surface area contributed by atoms with E-state index in [0.29, 0.717) is 12.8 Å². The van der Waals surface area contributed by atoms with E-state index in [-0.39, 0.29) is 11.6 Å². The van der Waals surface area contributed by atoms with Crippen molar-refractivity contribution >= 4 is 23.2 Å². The number of hydrogen-bond acceptors (Lipinski definition) is 3. The third kappa shape index (κ3) is 5.94. The van der Waals surface area contributed by atoms with E-state index < -0.39 is 6.04 Å². The van der Waals surface area contributed by atoms with E-state index >= 15 is 0 Å². The summed E-state index contributed by atoms with van der Waals surface area (Å²) in [5, 5.41) is 2.70. The van der Waals surface area contributed by atoms with Gasteiger partial charge in [-0.25, -0.2) is 4.79 Å². The average Bonchev–Trinajstić information content (AvgIpc) is 3.00. The van der Waals surface area contributed by atoms with Crippen LogP contribution in [0, 0.1) is 0 Å². The molecule has 0 aliphatic carbocycles. The van der Waals surface area contributed by atoms with Gasteiger partial charge in [0.1, 0.15) is 12.3 Å². The molecule has 30 heavy (non-hydrogen) atoms. The number of likely N-dealkylation sites (N-methyl/N-ethyl adjacent to an activating group) is 1. The number of benzene rings is 1. The van der Waals surface area contributed by atoms with Crippen LogP contribution in [-0.2, 0) is 23.1 Å². The second kappa shape index (κ2) is 12.2. The van der Waals surface area contributed by atoms with Gasteiger partial charge in [-0.05, 0) is 56.7 Å². The largest absolute Gasteiger partial charge is 0.357 e. The number of aryl methyl sites for hydroxylation is 2. The normalized spacial score (nSPS) is 12.5. The van der Waals surface area contributed by atoms with E-state index in [1.54, 1.807) is 23.2 Å². The van der Waals surface area contributed by atoms with Crippen LogP contribution in [0.5, 0.6) is 0 Å². The van der Waals surface area contributed by atoms with Gasteiger partial charge >= 0.3 is 5.69 Å². The third-order valence-corrected chi connectivity index (χ3v) is 5.64. The number of allylic oxidation sites excluding steroid dienone is 2. The molecule has 0 saturated heterocycles. The van der Waals surface area contributed by atoms with Crippen molar-refractivity contribution in [3.05, 3.63) is 46.4 Å². The zero-order valence-corrected chi connectivity index (χ0v) is 18.5. The van der Waals surface area contributed by atoms with Gasteiger partial charge in [0.2, 0.25) is 5.91 Å². The Kier molecular flexibility index (Phi) is 9.58. The average molecular weight is 414 g/mol. The maximum absolute atomic E-state index is 13.0. The van der Waals surface area contributed by atoms with Gasteiger partial charge in [0.05, 0.1) is 11.0 Å². The van der Waals surface area contributed by atoms with Crippen LogP contribution in [0.2, 0.25) is 0 Å². The molecule has 2 aromatic rings. The minimum absolute atomic E-state index is 0.146. The molecule has 2 rings (SSSR count). The molecular formula is C24H35N3O3. The smallest absolute Gasteiger partial charge is 0.329 e. The highest BCUT2D eigenvalue weighted by Gasteiger charge is 2.24. The standard InChI is InChI=1S/C24H35N3O3/c1-4-5-10-14-21(23(29)25-2)27-20-16-15-19(18-22(20)26(3)24(27)30)13-11-8-6-7-9-12-17-28/h4-5,15-18,21H,6-14H2,1-3H3,(H,25,29)/b5-4-. The number of unbranched alkanes of at least 4 members (excludes halogenated alkanes) is 5. The maximum atomic E-state index is 13.0. The number of aldehydes is 1. The first-order valence-corrected chi connectivity index (χ1v) is 11.0. The Morgan fingerprint density at radius 3 is 2.53 bits per heavy atom. The van der Waals surface area contributed by atoms with E-state index in [4.69, 9.17) is 0 Å². The molecule has 0 bridgehead atoms. The minimum Gasteiger partial charge on any atom is -0.357 e. The fourth-order valence-electron chi connectivity index (χ4n) is 3.92. The predicted octanol–water partition coefficient (Wildman–Crippen LogP) is 4.07. The number of nitrogens with zero attached hydrogens (tertiary/aromatic N) is 2. The molecular weight excluding hydrogens is 378 g/mol. The molecule has 6 heteroatoms. The van der Waals surface area contributed by atoms with Gasteiger partial charge in [-0.3, -0.25) is 13.9 Å². The van der Waals surface area contributed by atoms with Crippen molar-refractivity contribution in [2.24, 2.45) is 7.05 Å². The van der Waals surface area contributed by atoms with E-state index in [2.05, 4.69) is 17.4 Å². The highest BCUT2D eigenvalue weighted by Crippen LogP contribution is 2.23. The molecule has 1 atom stereocenters. The molecule has 0 aliphatic heterocycles. The van der Waals surface area contributed by atoms with Crippen molar-refractivity contribution in [3.8, 4) is 0 Å². The predicted molar refractivity (Wildman–Crippen MR) is 122 cm³/mol. The fraction of sp³-hybridized carbons (Fsp3) is 0.542. The van der Waals surface area contributed by atoms with Crippen LogP contribution in [0.4, 0.5) is 0 Å². The van der Waals surface area contributed by atoms with E-state index in [0.717, 1.165) is 62.3 Å². The molecule has 0 saturated carbocycles. The lowest BCUT2D eigenvalue weighted by atomic mass is 10.0. The minimum atomic E-state index is -0.528. The van der Waals surface area contributed by atoms with Gasteiger partial charge in [-0.15, -0.1) is 0 Å². The maximum Gasteiger partial charge on any atom is 0.329 e. The van der Waals surface area contributed by atoms with Crippen LogP contribution in [0.3, 0.4) is 0 Å². The molecule has 0 fully saturated rings. The van der Waals surface area contributed by atoms with Gasteiger partial charge in [-0.1, -0.05) is 37.5 Å². The van der Waals surface area contributed by atoms with Crippen molar-refractivity contribution in [2.45, 2.75) is 70.8 Å². The van der Waals surface area contributed by atoms with Crippen molar-refractivity contribution in [2.75, 3.05) is 7.05 Å². The lowest BCUT2D eigenvalue weighted by molar-refractivity contribution is -0.124. The second-order valence-corrected chi connectivity index (χ2v) is 7.78. The van der Waals surface area contributed by atoms with Gasteiger partial charge in [0.15, 0.2) is 0 Å². The Hall–Kier alpha value is -2.63. The second-order valence-electron chi connectivity index (χ2n) is 7.78. The van der Waals surface area contributed by atoms with Gasteiger partial charge < -0.3 is 10.1 Å². The van der Waals surface area contributed by atoms with Crippen molar-refractivity contribution in [1.82, 2.24) is 14.5 Å². The quantitative estimate of drug-likeness (QED) is 0.306. The Morgan fingerprint density at radius 1 is 1.10 bits per heavy atom. The van der Waals surface area contributed by atoms with Crippen LogP contribution < -0.4 is 11.0 Å². The first-order chi connectivity index (χ1) is 14.5. The summed E-state index contributed by atoms with van der Waals surface area (Å²) >= 11 is 0. The number of nitrogens with one attached hydrogen (secondary N) is 1. The Morgan fingerprint density at radius 2 is 1.83 bits per heavy atom. The molecule has 1 aromatic carbocycles. The summed E-state index contributed by atoms with van der Waals surface area (Å²) in [5.41, 5.74) is 2.71. The SMILES string of the molecule is C/C=C\CCC(C(=O)NC)n1c(=O)n(C)c2cc(CCCCCCCC=O)ccc21. The lowest BCUT2D eigenvalue weighted by Gasteiger charge is -2.16. The summed E-state index contributed by atoms with van der Waals surface area (Å²) in [5.74, 6) is -0.146. The zero-order chi connectivity index (χ0) is 21.9. The number of aromatic nitrogens is 2. The van der Waals surface area contributed by atoms with Crippen molar-refractivity contribution in [1.29, 1.82) is 0 Å². The summed E-state index contributed by atoms with van der Waals surface area (Å²) < 4.78 is 3.28. The molecule has 1 unspecified atom stereocenters. The molecule has 1 amide bonds. The number of fused-ring (bicyclic) bond motifs is 1. The highest BCUT2D eigenvalue weighted by molar-refractivity contribution is 5.84. The van der Waals surface area contributed by atoms with Crippen LogP contribution in [-0.4, -0.2) is 28.4 Å². The number of hydrogen-bond donors (Lipinski definition) is 1. The lowest BCUT2D eigenvalue weighted by Crippen LogP contribution is -2.35. The van der Waals surface area contributed by atoms with Gasteiger partial charge in [0.25, 0.3) is 0 Å². The summed E-state index contributed by atoms with van der Waals surface area (Å²) in [4.78, 5) is 35.9. The van der Waals surface area contributed by atoms with Crippen LogP contribution in [0.15, 0.2) is 35.1 Å². The van der Waals surface area contributed by atoms with E-state index in [1.807, 2.05) is 25.1 Å². The van der Waals surface area contributed by atoms with Gasteiger partial charge in [-0.2, -0.15) is 0 Å². The Bertz CT molecular complexity index is 924. The van der Waals surface area contributed by atoms with Crippen molar-refractivity contribution in [3.63, 3.8) is 0 Å². The Labute approximate surface area is 179 Å². The molecule has 6 nitrogen and oxygen atoms in total. The summed E-state index contributed by atoms with van der Waals surface area (Å²) in [7, 11) is 3.38. The molecule has 1 aromatic heterocycles.